The standard InChI is InChI=1S/C27H21F4NO/c1-16-25(17(2)33)26(23-14-13-21(28)15-24(23)32-16)22-6-4-3-5-19(22)10-7-18-8-11-20(12-9-18)27(29,30)31/h3-6,8-9,11-15H,7,10H2,1-2H3. The maximum absolute atomic E-state index is 13.9. The van der Waals surface area contributed by atoms with Crippen LogP contribution >= 0.6 is 0 Å². The number of hydrogen-bond acceptors (Lipinski definition) is 2. The molecule has 4 aromatic rings. The summed E-state index contributed by atoms with van der Waals surface area (Å²) in [6, 6.07) is 17.1. The van der Waals surface area contributed by atoms with Crippen molar-refractivity contribution in [1.29, 1.82) is 0 Å². The van der Waals surface area contributed by atoms with Crippen LogP contribution in [0.25, 0.3) is 22.0 Å². The van der Waals surface area contributed by atoms with Crippen LogP contribution in [-0.2, 0) is 19.0 Å². The maximum atomic E-state index is 13.9. The van der Waals surface area contributed by atoms with Crippen LogP contribution in [0.15, 0.2) is 66.7 Å². The van der Waals surface area contributed by atoms with Crippen molar-refractivity contribution in [2.45, 2.75) is 32.9 Å². The monoisotopic (exact) mass is 451 g/mol. The Morgan fingerprint density at radius 1 is 0.939 bits per heavy atom. The van der Waals surface area contributed by atoms with Crippen molar-refractivity contribution in [3.05, 3.63) is 100 Å². The summed E-state index contributed by atoms with van der Waals surface area (Å²) in [5, 5.41) is 0.675. The quantitative estimate of drug-likeness (QED) is 0.234. The number of rotatable bonds is 5. The van der Waals surface area contributed by atoms with Gasteiger partial charge in [-0.25, -0.2) is 4.39 Å². The molecule has 0 amide bonds. The Balaban J connectivity index is 1.78. The molecule has 0 saturated heterocycles. The number of halogens is 4. The third-order valence-electron chi connectivity index (χ3n) is 5.73. The number of benzene rings is 3. The van der Waals surface area contributed by atoms with E-state index < -0.39 is 17.6 Å². The molecule has 1 heterocycles. The van der Waals surface area contributed by atoms with E-state index in [-0.39, 0.29) is 5.78 Å². The van der Waals surface area contributed by atoms with E-state index in [1.54, 1.807) is 13.0 Å². The fraction of sp³-hybridized carbons (Fsp3) is 0.185. The highest BCUT2D eigenvalue weighted by Crippen LogP contribution is 2.36. The van der Waals surface area contributed by atoms with Gasteiger partial charge in [0.1, 0.15) is 5.82 Å². The molecule has 0 unspecified atom stereocenters. The number of carbonyl (C=O) groups excluding carboxylic acids is 1. The van der Waals surface area contributed by atoms with Crippen molar-refractivity contribution in [3.8, 4) is 11.1 Å². The normalized spacial score (nSPS) is 11.7. The first kappa shape index (κ1) is 22.6. The Morgan fingerprint density at radius 3 is 2.30 bits per heavy atom. The average molecular weight is 451 g/mol. The smallest absolute Gasteiger partial charge is 0.294 e. The van der Waals surface area contributed by atoms with Gasteiger partial charge in [0.25, 0.3) is 0 Å². The van der Waals surface area contributed by atoms with Crippen LogP contribution in [0, 0.1) is 12.7 Å². The average Bonchev–Trinajstić information content (AvgIpc) is 2.76. The minimum atomic E-state index is -4.37. The van der Waals surface area contributed by atoms with Gasteiger partial charge in [0.2, 0.25) is 0 Å². The van der Waals surface area contributed by atoms with Gasteiger partial charge < -0.3 is 0 Å². The van der Waals surface area contributed by atoms with Gasteiger partial charge in [-0.05, 0) is 67.6 Å². The molecule has 0 aliphatic carbocycles. The van der Waals surface area contributed by atoms with Crippen molar-refractivity contribution in [3.63, 3.8) is 0 Å². The molecular weight excluding hydrogens is 430 g/mol. The zero-order chi connectivity index (χ0) is 23.8. The number of nitrogens with zero attached hydrogens (tertiary/aromatic N) is 1. The molecule has 168 valence electrons. The molecule has 3 aromatic carbocycles. The Bertz CT molecular complexity index is 1340. The maximum Gasteiger partial charge on any atom is 0.416 e. The molecule has 6 heteroatoms. The highest BCUT2D eigenvalue weighted by molar-refractivity contribution is 6.10. The molecule has 0 aliphatic rings. The second kappa shape index (κ2) is 8.77. The molecule has 0 radical (unpaired) electrons. The lowest BCUT2D eigenvalue weighted by Crippen LogP contribution is -2.06. The summed E-state index contributed by atoms with van der Waals surface area (Å²) in [4.78, 5) is 17.0. The second-order valence-electron chi connectivity index (χ2n) is 8.02. The van der Waals surface area contributed by atoms with Crippen molar-refractivity contribution < 1.29 is 22.4 Å². The molecule has 0 fully saturated rings. The highest BCUT2D eigenvalue weighted by Gasteiger charge is 2.30. The predicted octanol–water partition coefficient (Wildman–Crippen LogP) is 7.36. The molecule has 2 nitrogen and oxygen atoms in total. The minimum absolute atomic E-state index is 0.140. The van der Waals surface area contributed by atoms with Gasteiger partial charge in [0, 0.05) is 28.3 Å². The van der Waals surface area contributed by atoms with Crippen LogP contribution < -0.4 is 0 Å². The predicted molar refractivity (Wildman–Crippen MR) is 121 cm³/mol. The molecule has 0 N–H and O–H groups in total. The van der Waals surface area contributed by atoms with Crippen molar-refractivity contribution in [2.75, 3.05) is 0 Å². The number of ketones is 1. The van der Waals surface area contributed by atoms with Crippen LogP contribution in [-0.4, -0.2) is 10.8 Å². The Labute approximate surface area is 188 Å². The van der Waals surface area contributed by atoms with Crippen molar-refractivity contribution >= 4 is 16.7 Å². The molecule has 0 spiro atoms. The SMILES string of the molecule is CC(=O)c1c(C)nc2cc(F)ccc2c1-c1ccccc1CCc1ccc(C(F)(F)F)cc1. The van der Waals surface area contributed by atoms with E-state index in [4.69, 9.17) is 0 Å². The molecule has 0 saturated carbocycles. The fourth-order valence-electron chi connectivity index (χ4n) is 4.19. The number of Topliss-reactive ketones (excluding diaryl/α,β-unsaturated/α-hetero) is 1. The van der Waals surface area contributed by atoms with Gasteiger partial charge in [0.15, 0.2) is 5.78 Å². The summed E-state index contributed by atoms with van der Waals surface area (Å²) in [7, 11) is 0. The molecule has 33 heavy (non-hydrogen) atoms. The minimum Gasteiger partial charge on any atom is -0.294 e. The molecule has 4 rings (SSSR count). The fourth-order valence-corrected chi connectivity index (χ4v) is 4.19. The van der Waals surface area contributed by atoms with Gasteiger partial charge >= 0.3 is 6.18 Å². The van der Waals surface area contributed by atoms with Crippen LogP contribution in [0.1, 0.15) is 39.7 Å². The molecule has 0 atom stereocenters. The van der Waals surface area contributed by atoms with E-state index in [1.807, 2.05) is 24.3 Å². The second-order valence-corrected chi connectivity index (χ2v) is 8.02. The number of pyridine rings is 1. The summed E-state index contributed by atoms with van der Waals surface area (Å²) in [6.45, 7) is 3.21. The van der Waals surface area contributed by atoms with E-state index >= 15 is 0 Å². The van der Waals surface area contributed by atoms with Gasteiger partial charge in [0.05, 0.1) is 11.1 Å². The zero-order valence-corrected chi connectivity index (χ0v) is 18.1. The van der Waals surface area contributed by atoms with E-state index in [2.05, 4.69) is 4.98 Å². The largest absolute Gasteiger partial charge is 0.416 e. The van der Waals surface area contributed by atoms with E-state index in [1.165, 1.54) is 31.2 Å². The Hall–Kier alpha value is -3.54. The third kappa shape index (κ3) is 4.65. The number of carbonyl (C=O) groups is 1. The first-order chi connectivity index (χ1) is 15.6. The van der Waals surface area contributed by atoms with Crippen LogP contribution in [0.3, 0.4) is 0 Å². The van der Waals surface area contributed by atoms with Gasteiger partial charge in [-0.15, -0.1) is 0 Å². The summed E-state index contributed by atoms with van der Waals surface area (Å²) in [5.74, 6) is -0.551. The van der Waals surface area contributed by atoms with Crippen LogP contribution in [0.5, 0.6) is 0 Å². The number of aromatic nitrogens is 1. The van der Waals surface area contributed by atoms with E-state index in [0.717, 1.165) is 28.8 Å². The summed E-state index contributed by atoms with van der Waals surface area (Å²) < 4.78 is 52.4. The van der Waals surface area contributed by atoms with E-state index in [9.17, 15) is 22.4 Å². The van der Waals surface area contributed by atoms with Gasteiger partial charge in [-0.2, -0.15) is 13.2 Å². The van der Waals surface area contributed by atoms with Crippen molar-refractivity contribution in [2.24, 2.45) is 0 Å². The summed E-state index contributed by atoms with van der Waals surface area (Å²) in [5.41, 5.74) is 4.04. The summed E-state index contributed by atoms with van der Waals surface area (Å²) >= 11 is 0. The number of aryl methyl sites for hydroxylation is 3. The molecule has 1 aromatic heterocycles. The Morgan fingerprint density at radius 2 is 1.64 bits per heavy atom. The lowest BCUT2D eigenvalue weighted by Gasteiger charge is -2.17. The van der Waals surface area contributed by atoms with Gasteiger partial charge in [-0.3, -0.25) is 9.78 Å². The number of hydrogen-bond donors (Lipinski definition) is 0. The van der Waals surface area contributed by atoms with Crippen LogP contribution in [0.2, 0.25) is 0 Å². The summed E-state index contributed by atoms with van der Waals surface area (Å²) in [6.07, 6.45) is -3.28. The third-order valence-corrected chi connectivity index (χ3v) is 5.73. The van der Waals surface area contributed by atoms with Gasteiger partial charge in [-0.1, -0.05) is 36.4 Å². The molecule has 0 aliphatic heterocycles. The number of fused-ring (bicyclic) bond motifs is 1. The molecular formula is C27H21F4NO. The lowest BCUT2D eigenvalue weighted by atomic mass is 9.88. The number of alkyl halides is 3. The van der Waals surface area contributed by atoms with E-state index in [0.29, 0.717) is 40.6 Å². The lowest BCUT2D eigenvalue weighted by molar-refractivity contribution is -0.137. The highest BCUT2D eigenvalue weighted by atomic mass is 19.4. The molecule has 0 bridgehead atoms. The topological polar surface area (TPSA) is 30.0 Å². The first-order valence-corrected chi connectivity index (χ1v) is 10.5. The Kier molecular flexibility index (Phi) is 6.02. The van der Waals surface area contributed by atoms with Crippen molar-refractivity contribution in [1.82, 2.24) is 4.98 Å². The first-order valence-electron chi connectivity index (χ1n) is 10.5. The van der Waals surface area contributed by atoms with Crippen LogP contribution in [0.4, 0.5) is 17.6 Å². The zero-order valence-electron chi connectivity index (χ0n) is 18.1.